The Kier molecular flexibility index (Phi) is 4.13. The van der Waals surface area contributed by atoms with Gasteiger partial charge in [0.05, 0.1) is 6.42 Å². The zero-order chi connectivity index (χ0) is 14.1. The van der Waals surface area contributed by atoms with Crippen molar-refractivity contribution in [3.8, 4) is 0 Å². The molecule has 0 N–H and O–H groups in total. The minimum absolute atomic E-state index is 0.314. The van der Waals surface area contributed by atoms with E-state index in [1.807, 2.05) is 5.38 Å². The zero-order valence-electron chi connectivity index (χ0n) is 12.4. The zero-order valence-corrected chi connectivity index (χ0v) is 13.2. The number of likely N-dealkylation sites (tertiary alicyclic amines) is 2. The second-order valence-corrected chi connectivity index (χ2v) is 7.28. The summed E-state index contributed by atoms with van der Waals surface area (Å²) < 4.78 is 0. The van der Waals surface area contributed by atoms with E-state index in [9.17, 15) is 4.79 Å². The van der Waals surface area contributed by atoms with E-state index in [0.717, 1.165) is 19.0 Å². The van der Waals surface area contributed by atoms with Gasteiger partial charge in [0.15, 0.2) is 0 Å². The van der Waals surface area contributed by atoms with Crippen molar-refractivity contribution in [3.05, 3.63) is 22.4 Å². The van der Waals surface area contributed by atoms with Gasteiger partial charge < -0.3 is 9.80 Å². The minimum Gasteiger partial charge on any atom is -0.342 e. The molecular weight excluding hydrogens is 268 g/mol. The van der Waals surface area contributed by atoms with Crippen molar-refractivity contribution in [2.24, 2.45) is 11.8 Å². The monoisotopic (exact) mass is 292 g/mol. The molecule has 2 aliphatic heterocycles. The van der Waals surface area contributed by atoms with E-state index >= 15 is 0 Å². The van der Waals surface area contributed by atoms with Gasteiger partial charge in [0.25, 0.3) is 0 Å². The molecule has 1 aromatic rings. The molecule has 20 heavy (non-hydrogen) atoms. The van der Waals surface area contributed by atoms with Gasteiger partial charge in [-0.25, -0.2) is 0 Å². The third-order valence-electron chi connectivity index (χ3n) is 4.85. The number of amides is 1. The number of hydrogen-bond acceptors (Lipinski definition) is 3. The fourth-order valence-electron chi connectivity index (χ4n) is 3.55. The maximum Gasteiger partial charge on any atom is 0.227 e. The highest BCUT2D eigenvalue weighted by molar-refractivity contribution is 7.07. The fraction of sp³-hybridized carbons (Fsp3) is 0.688. The van der Waals surface area contributed by atoms with E-state index < -0.39 is 0 Å². The van der Waals surface area contributed by atoms with Gasteiger partial charge in [0.1, 0.15) is 0 Å². The lowest BCUT2D eigenvalue weighted by atomic mass is 9.88. The smallest absolute Gasteiger partial charge is 0.227 e. The molecule has 2 fully saturated rings. The van der Waals surface area contributed by atoms with Gasteiger partial charge in [-0.05, 0) is 61.0 Å². The van der Waals surface area contributed by atoms with E-state index in [0.29, 0.717) is 24.3 Å². The van der Waals surface area contributed by atoms with Crippen molar-refractivity contribution in [2.45, 2.75) is 32.7 Å². The lowest BCUT2D eigenvalue weighted by molar-refractivity contribution is -0.129. The van der Waals surface area contributed by atoms with Crippen molar-refractivity contribution in [1.82, 2.24) is 9.80 Å². The molecule has 0 radical (unpaired) electrons. The van der Waals surface area contributed by atoms with E-state index in [4.69, 9.17) is 0 Å². The fourth-order valence-corrected chi connectivity index (χ4v) is 4.22. The molecule has 2 atom stereocenters. The number of rotatable bonds is 3. The highest BCUT2D eigenvalue weighted by atomic mass is 32.1. The molecule has 0 saturated carbocycles. The molecule has 0 aromatic carbocycles. The van der Waals surface area contributed by atoms with Crippen molar-refractivity contribution in [1.29, 1.82) is 0 Å². The molecule has 2 saturated heterocycles. The molecule has 0 bridgehead atoms. The SMILES string of the molecule is CC(C)N1CC[C@H]2CN(C(=O)Cc3ccsc3)C[C@H]2C1. The lowest BCUT2D eigenvalue weighted by Crippen LogP contribution is -2.43. The summed E-state index contributed by atoms with van der Waals surface area (Å²) in [6.07, 6.45) is 1.84. The Bertz CT molecular complexity index is 457. The number of piperidine rings is 1. The van der Waals surface area contributed by atoms with Crippen LogP contribution < -0.4 is 0 Å². The summed E-state index contributed by atoms with van der Waals surface area (Å²) in [5.41, 5.74) is 1.17. The summed E-state index contributed by atoms with van der Waals surface area (Å²) >= 11 is 1.67. The highest BCUT2D eigenvalue weighted by Gasteiger charge is 2.38. The summed E-state index contributed by atoms with van der Waals surface area (Å²) in [5.74, 6) is 1.74. The van der Waals surface area contributed by atoms with Crippen LogP contribution in [-0.2, 0) is 11.2 Å². The number of nitrogens with zero attached hydrogens (tertiary/aromatic N) is 2. The summed E-state index contributed by atoms with van der Waals surface area (Å²) in [7, 11) is 0. The topological polar surface area (TPSA) is 23.6 Å². The second-order valence-electron chi connectivity index (χ2n) is 6.50. The first-order valence-electron chi connectivity index (χ1n) is 7.66. The van der Waals surface area contributed by atoms with Gasteiger partial charge in [0, 0.05) is 25.7 Å². The average Bonchev–Trinajstić information content (AvgIpc) is 3.05. The minimum atomic E-state index is 0.314. The maximum absolute atomic E-state index is 12.4. The molecule has 1 amide bonds. The van der Waals surface area contributed by atoms with Crippen LogP contribution in [0.15, 0.2) is 16.8 Å². The molecule has 110 valence electrons. The van der Waals surface area contributed by atoms with Crippen molar-refractivity contribution in [3.63, 3.8) is 0 Å². The Morgan fingerprint density at radius 3 is 2.85 bits per heavy atom. The molecule has 0 spiro atoms. The van der Waals surface area contributed by atoms with Crippen molar-refractivity contribution >= 4 is 17.2 Å². The third kappa shape index (κ3) is 2.91. The van der Waals surface area contributed by atoms with Crippen LogP contribution in [0.5, 0.6) is 0 Å². The quantitative estimate of drug-likeness (QED) is 0.854. The molecule has 2 aliphatic rings. The molecule has 0 unspecified atom stereocenters. The van der Waals surface area contributed by atoms with Crippen LogP contribution in [0.3, 0.4) is 0 Å². The molecule has 3 nitrogen and oxygen atoms in total. The van der Waals surface area contributed by atoms with Gasteiger partial charge in [-0.3, -0.25) is 4.79 Å². The van der Waals surface area contributed by atoms with Crippen LogP contribution in [0.25, 0.3) is 0 Å². The normalized spacial score (nSPS) is 27.1. The number of carbonyl (C=O) groups is 1. The molecular formula is C16H24N2OS. The first-order chi connectivity index (χ1) is 9.63. The maximum atomic E-state index is 12.4. The molecule has 0 aliphatic carbocycles. The first-order valence-corrected chi connectivity index (χ1v) is 8.60. The van der Waals surface area contributed by atoms with Crippen LogP contribution in [0.2, 0.25) is 0 Å². The van der Waals surface area contributed by atoms with Crippen LogP contribution in [-0.4, -0.2) is 47.9 Å². The van der Waals surface area contributed by atoms with Gasteiger partial charge in [-0.1, -0.05) is 0 Å². The Hall–Kier alpha value is -0.870. The highest BCUT2D eigenvalue weighted by Crippen LogP contribution is 2.32. The lowest BCUT2D eigenvalue weighted by Gasteiger charge is -2.36. The Balaban J connectivity index is 1.57. The standard InChI is InChI=1S/C16H24N2OS/c1-12(2)17-5-3-14-8-18(10-15(14)9-17)16(19)7-13-4-6-20-11-13/h4,6,11-12,14-15H,3,5,7-10H2,1-2H3/t14-,15+/m0/s1. The Morgan fingerprint density at radius 1 is 1.35 bits per heavy atom. The summed E-state index contributed by atoms with van der Waals surface area (Å²) in [6, 6.07) is 2.69. The first kappa shape index (κ1) is 14.1. The predicted octanol–water partition coefficient (Wildman–Crippen LogP) is 2.48. The summed E-state index contributed by atoms with van der Waals surface area (Å²) in [6.45, 7) is 8.87. The van der Waals surface area contributed by atoms with E-state index in [1.165, 1.54) is 25.1 Å². The van der Waals surface area contributed by atoms with E-state index in [-0.39, 0.29) is 0 Å². The largest absolute Gasteiger partial charge is 0.342 e. The Labute approximate surface area is 125 Å². The number of fused-ring (bicyclic) bond motifs is 1. The predicted molar refractivity (Wildman–Crippen MR) is 82.9 cm³/mol. The summed E-state index contributed by atoms with van der Waals surface area (Å²) in [5, 5.41) is 4.13. The number of carbonyl (C=O) groups excluding carboxylic acids is 1. The van der Waals surface area contributed by atoms with Gasteiger partial charge in [-0.15, -0.1) is 0 Å². The van der Waals surface area contributed by atoms with Gasteiger partial charge in [-0.2, -0.15) is 11.3 Å². The van der Waals surface area contributed by atoms with Crippen molar-refractivity contribution < 1.29 is 4.79 Å². The van der Waals surface area contributed by atoms with Crippen LogP contribution >= 0.6 is 11.3 Å². The van der Waals surface area contributed by atoms with Gasteiger partial charge in [0.2, 0.25) is 5.91 Å². The summed E-state index contributed by atoms with van der Waals surface area (Å²) in [4.78, 5) is 17.1. The molecule has 1 aromatic heterocycles. The van der Waals surface area contributed by atoms with Crippen LogP contribution in [0.4, 0.5) is 0 Å². The van der Waals surface area contributed by atoms with Crippen LogP contribution in [0.1, 0.15) is 25.8 Å². The van der Waals surface area contributed by atoms with E-state index in [1.54, 1.807) is 11.3 Å². The van der Waals surface area contributed by atoms with Crippen molar-refractivity contribution in [2.75, 3.05) is 26.2 Å². The van der Waals surface area contributed by atoms with Gasteiger partial charge >= 0.3 is 0 Å². The average molecular weight is 292 g/mol. The van der Waals surface area contributed by atoms with Crippen LogP contribution in [0, 0.1) is 11.8 Å². The number of thiophene rings is 1. The number of hydrogen-bond donors (Lipinski definition) is 0. The Morgan fingerprint density at radius 2 is 2.15 bits per heavy atom. The molecule has 3 heterocycles. The molecule has 4 heteroatoms. The van der Waals surface area contributed by atoms with E-state index in [2.05, 4.69) is 35.1 Å². The second kappa shape index (κ2) is 5.86. The molecule has 3 rings (SSSR count). The third-order valence-corrected chi connectivity index (χ3v) is 5.58.